The highest BCUT2D eigenvalue weighted by Crippen LogP contribution is 2.29. The zero-order valence-electron chi connectivity index (χ0n) is 14.2. The molecule has 0 aliphatic rings. The van der Waals surface area contributed by atoms with E-state index in [1.807, 2.05) is 26.1 Å². The fraction of sp³-hybridized carbons (Fsp3) is 0.105. The maximum atomic E-state index is 13.2. The summed E-state index contributed by atoms with van der Waals surface area (Å²) < 4.78 is 13.2. The van der Waals surface area contributed by atoms with Gasteiger partial charge in [0.25, 0.3) is 5.91 Å². The third-order valence-corrected chi connectivity index (χ3v) is 4.41. The fourth-order valence-corrected chi connectivity index (χ4v) is 2.84. The Hall–Kier alpha value is -3.48. The molecule has 4 aromatic rings. The second-order valence-electron chi connectivity index (χ2n) is 6.11. The molecule has 1 aromatic carbocycles. The summed E-state index contributed by atoms with van der Waals surface area (Å²) >= 11 is 0. The van der Waals surface area contributed by atoms with Gasteiger partial charge in [0.15, 0.2) is 5.69 Å². The van der Waals surface area contributed by atoms with Crippen LogP contribution in [0.25, 0.3) is 22.2 Å². The SMILES string of the molecule is Cc1[nH]nc(C(=O)Nc2cnc3[nH]cc(-c4ccc(F)cc4)c3c2)c1C. The molecule has 7 heteroatoms. The van der Waals surface area contributed by atoms with Crippen LogP contribution in [-0.4, -0.2) is 26.1 Å². The van der Waals surface area contributed by atoms with Gasteiger partial charge in [-0.25, -0.2) is 9.37 Å². The number of benzene rings is 1. The number of aromatic amines is 2. The molecule has 0 unspecified atom stereocenters. The van der Waals surface area contributed by atoms with E-state index in [1.54, 1.807) is 18.3 Å². The number of aryl methyl sites for hydroxylation is 1. The number of hydrogen-bond donors (Lipinski definition) is 3. The smallest absolute Gasteiger partial charge is 0.276 e. The van der Waals surface area contributed by atoms with E-state index < -0.39 is 0 Å². The van der Waals surface area contributed by atoms with Gasteiger partial charge in [0.05, 0.1) is 11.9 Å². The van der Waals surface area contributed by atoms with Gasteiger partial charge in [-0.15, -0.1) is 0 Å². The van der Waals surface area contributed by atoms with Crippen LogP contribution in [0.4, 0.5) is 10.1 Å². The molecule has 0 spiro atoms. The van der Waals surface area contributed by atoms with Gasteiger partial charge in [0, 0.05) is 28.4 Å². The molecular formula is C19H16FN5O. The highest BCUT2D eigenvalue weighted by atomic mass is 19.1. The lowest BCUT2D eigenvalue weighted by atomic mass is 10.1. The number of fused-ring (bicyclic) bond motifs is 1. The summed E-state index contributed by atoms with van der Waals surface area (Å²) in [6.07, 6.45) is 3.40. The van der Waals surface area contributed by atoms with Gasteiger partial charge in [0.1, 0.15) is 11.5 Å². The summed E-state index contributed by atoms with van der Waals surface area (Å²) in [4.78, 5) is 19.9. The number of rotatable bonds is 3. The number of carbonyl (C=O) groups excluding carboxylic acids is 1. The van der Waals surface area contributed by atoms with Crippen molar-refractivity contribution >= 4 is 22.6 Å². The van der Waals surface area contributed by atoms with Crippen molar-refractivity contribution in [3.8, 4) is 11.1 Å². The Morgan fingerprint density at radius 1 is 1.19 bits per heavy atom. The molecular weight excluding hydrogens is 333 g/mol. The molecule has 3 heterocycles. The number of halogens is 1. The van der Waals surface area contributed by atoms with E-state index in [4.69, 9.17) is 0 Å². The quantitative estimate of drug-likeness (QED) is 0.523. The Morgan fingerprint density at radius 3 is 2.65 bits per heavy atom. The van der Waals surface area contributed by atoms with Crippen LogP contribution < -0.4 is 5.32 Å². The van der Waals surface area contributed by atoms with Crippen LogP contribution in [-0.2, 0) is 0 Å². The van der Waals surface area contributed by atoms with Crippen LogP contribution in [0, 0.1) is 19.7 Å². The Balaban J connectivity index is 1.69. The first kappa shape index (κ1) is 16.0. The van der Waals surface area contributed by atoms with E-state index in [2.05, 4.69) is 25.5 Å². The van der Waals surface area contributed by atoms with E-state index in [0.717, 1.165) is 27.8 Å². The predicted molar refractivity (Wildman–Crippen MR) is 97.5 cm³/mol. The van der Waals surface area contributed by atoms with Crippen LogP contribution in [0.15, 0.2) is 42.7 Å². The highest BCUT2D eigenvalue weighted by Gasteiger charge is 2.15. The van der Waals surface area contributed by atoms with Crippen LogP contribution in [0.3, 0.4) is 0 Å². The first-order valence-corrected chi connectivity index (χ1v) is 8.09. The second-order valence-corrected chi connectivity index (χ2v) is 6.11. The Labute approximate surface area is 148 Å². The van der Waals surface area contributed by atoms with Gasteiger partial charge in [-0.1, -0.05) is 12.1 Å². The molecule has 3 aromatic heterocycles. The number of carbonyl (C=O) groups is 1. The zero-order valence-corrected chi connectivity index (χ0v) is 14.2. The van der Waals surface area contributed by atoms with Crippen LogP contribution >= 0.6 is 0 Å². The van der Waals surface area contributed by atoms with Gasteiger partial charge >= 0.3 is 0 Å². The number of hydrogen-bond acceptors (Lipinski definition) is 3. The van der Waals surface area contributed by atoms with Gasteiger partial charge in [-0.05, 0) is 37.6 Å². The largest absolute Gasteiger partial charge is 0.346 e. The molecule has 130 valence electrons. The first-order chi connectivity index (χ1) is 12.5. The van der Waals surface area contributed by atoms with Crippen molar-refractivity contribution in [2.75, 3.05) is 5.32 Å². The van der Waals surface area contributed by atoms with Crippen LogP contribution in [0.1, 0.15) is 21.7 Å². The Morgan fingerprint density at radius 2 is 1.96 bits per heavy atom. The van der Waals surface area contributed by atoms with Crippen molar-refractivity contribution in [3.05, 3.63) is 65.5 Å². The lowest BCUT2D eigenvalue weighted by Crippen LogP contribution is -2.13. The van der Waals surface area contributed by atoms with Gasteiger partial charge in [-0.3, -0.25) is 9.89 Å². The Kier molecular flexibility index (Phi) is 3.76. The topological polar surface area (TPSA) is 86.5 Å². The molecule has 0 atom stereocenters. The molecule has 3 N–H and O–H groups in total. The lowest BCUT2D eigenvalue weighted by molar-refractivity contribution is 0.102. The van der Waals surface area contributed by atoms with Crippen molar-refractivity contribution in [3.63, 3.8) is 0 Å². The molecule has 6 nitrogen and oxygen atoms in total. The van der Waals surface area contributed by atoms with E-state index in [1.165, 1.54) is 12.1 Å². The summed E-state index contributed by atoms with van der Waals surface area (Å²) in [5.41, 5.74) is 5.02. The molecule has 0 bridgehead atoms. The molecule has 0 fully saturated rings. The monoisotopic (exact) mass is 349 g/mol. The van der Waals surface area contributed by atoms with E-state index >= 15 is 0 Å². The average molecular weight is 349 g/mol. The third kappa shape index (κ3) is 2.73. The normalized spacial score (nSPS) is 11.0. The van der Waals surface area contributed by atoms with E-state index in [0.29, 0.717) is 17.0 Å². The number of nitrogens with one attached hydrogen (secondary N) is 3. The number of pyridine rings is 1. The summed E-state index contributed by atoms with van der Waals surface area (Å²) in [6.45, 7) is 3.70. The molecule has 0 saturated carbocycles. The van der Waals surface area contributed by atoms with Crippen molar-refractivity contribution in [1.29, 1.82) is 0 Å². The van der Waals surface area contributed by atoms with Crippen LogP contribution in [0.2, 0.25) is 0 Å². The van der Waals surface area contributed by atoms with Crippen molar-refractivity contribution in [2.24, 2.45) is 0 Å². The Bertz CT molecular complexity index is 1110. The van der Waals surface area contributed by atoms with E-state index in [9.17, 15) is 9.18 Å². The average Bonchev–Trinajstić information content (AvgIpc) is 3.19. The molecule has 1 amide bonds. The molecule has 0 aliphatic heterocycles. The molecule has 26 heavy (non-hydrogen) atoms. The van der Waals surface area contributed by atoms with Crippen molar-refractivity contribution < 1.29 is 9.18 Å². The highest BCUT2D eigenvalue weighted by molar-refractivity contribution is 6.05. The first-order valence-electron chi connectivity index (χ1n) is 8.09. The molecule has 0 radical (unpaired) electrons. The van der Waals surface area contributed by atoms with E-state index in [-0.39, 0.29) is 11.7 Å². The number of amides is 1. The number of H-pyrrole nitrogens is 2. The number of nitrogens with zero attached hydrogens (tertiary/aromatic N) is 2. The lowest BCUT2D eigenvalue weighted by Gasteiger charge is -2.05. The number of aromatic nitrogens is 4. The minimum Gasteiger partial charge on any atom is -0.346 e. The van der Waals surface area contributed by atoms with Gasteiger partial charge < -0.3 is 10.3 Å². The summed E-state index contributed by atoms with van der Waals surface area (Å²) in [5.74, 6) is -0.587. The third-order valence-electron chi connectivity index (χ3n) is 4.41. The summed E-state index contributed by atoms with van der Waals surface area (Å²) in [7, 11) is 0. The number of anilines is 1. The van der Waals surface area contributed by atoms with Crippen molar-refractivity contribution in [2.45, 2.75) is 13.8 Å². The maximum Gasteiger partial charge on any atom is 0.276 e. The summed E-state index contributed by atoms with van der Waals surface area (Å²) in [5, 5.41) is 10.5. The second kappa shape index (κ2) is 6.11. The van der Waals surface area contributed by atoms with Crippen LogP contribution in [0.5, 0.6) is 0 Å². The minimum absolute atomic E-state index is 0.288. The molecule has 0 aliphatic carbocycles. The predicted octanol–water partition coefficient (Wildman–Crippen LogP) is 3.96. The van der Waals surface area contributed by atoms with Gasteiger partial charge in [0.2, 0.25) is 0 Å². The summed E-state index contributed by atoms with van der Waals surface area (Å²) in [6, 6.07) is 8.08. The minimum atomic E-state index is -0.299. The fourth-order valence-electron chi connectivity index (χ4n) is 2.84. The molecule has 0 saturated heterocycles. The zero-order chi connectivity index (χ0) is 18.3. The molecule has 4 rings (SSSR count). The van der Waals surface area contributed by atoms with Crippen molar-refractivity contribution in [1.82, 2.24) is 20.2 Å². The van der Waals surface area contributed by atoms with Gasteiger partial charge in [-0.2, -0.15) is 5.10 Å². The standard InChI is InChI=1S/C19H16FN5O/c1-10-11(2)24-25-17(10)19(26)23-14-7-15-16(9-22-18(15)21-8-14)12-3-5-13(20)6-4-12/h3-9H,1-2H3,(H,21,22)(H,23,26)(H,24,25). The maximum absolute atomic E-state index is 13.2.